The highest BCUT2D eigenvalue weighted by Crippen LogP contribution is 2.20. The minimum Gasteiger partial charge on any atom is -0.337 e. The Hall–Kier alpha value is -2.45. The predicted octanol–water partition coefficient (Wildman–Crippen LogP) is 1.58. The Balaban J connectivity index is 1.63. The van der Waals surface area contributed by atoms with Crippen molar-refractivity contribution in [1.29, 1.82) is 0 Å². The highest BCUT2D eigenvalue weighted by Gasteiger charge is 2.29. The number of carbonyl (C=O) groups is 1. The van der Waals surface area contributed by atoms with E-state index in [1.54, 1.807) is 34.0 Å². The summed E-state index contributed by atoms with van der Waals surface area (Å²) in [6.45, 7) is 5.19. The normalized spacial score (nSPS) is 16.2. The van der Waals surface area contributed by atoms with Gasteiger partial charge in [-0.2, -0.15) is 9.40 Å². The molecule has 0 atom stereocenters. The Morgan fingerprint density at radius 2 is 1.81 bits per heavy atom. The van der Waals surface area contributed by atoms with E-state index in [9.17, 15) is 13.2 Å². The maximum absolute atomic E-state index is 12.8. The van der Waals surface area contributed by atoms with Crippen LogP contribution in [0, 0.1) is 13.8 Å². The number of hydrogen-bond donors (Lipinski definition) is 0. The molecule has 1 fully saturated rings. The van der Waals surface area contributed by atoms with E-state index >= 15 is 0 Å². The van der Waals surface area contributed by atoms with Gasteiger partial charge in [-0.15, -0.1) is 0 Å². The van der Waals surface area contributed by atoms with Crippen LogP contribution in [0.25, 0.3) is 6.08 Å². The number of rotatable bonds is 4. The van der Waals surface area contributed by atoms with Crippen molar-refractivity contribution in [1.82, 2.24) is 19.0 Å². The largest absolute Gasteiger partial charge is 0.337 e. The SMILES string of the molecule is Cc1ccc(S(=O)(=O)N2CCN(C(=O)/C=C/c3cnn(C)c3)CC2)cc1C. The summed E-state index contributed by atoms with van der Waals surface area (Å²) in [6, 6.07) is 5.18. The number of carbonyl (C=O) groups excluding carboxylic acids is 1. The molecule has 3 rings (SSSR count). The van der Waals surface area contributed by atoms with Gasteiger partial charge in [0.1, 0.15) is 0 Å². The van der Waals surface area contributed by atoms with Crippen LogP contribution in [-0.2, 0) is 21.9 Å². The molecule has 27 heavy (non-hydrogen) atoms. The molecule has 1 aromatic heterocycles. The van der Waals surface area contributed by atoms with Crippen LogP contribution in [0.15, 0.2) is 41.6 Å². The molecule has 0 aliphatic carbocycles. The van der Waals surface area contributed by atoms with Crippen LogP contribution < -0.4 is 0 Å². The van der Waals surface area contributed by atoms with E-state index in [1.807, 2.05) is 33.2 Å². The molecule has 1 amide bonds. The summed E-state index contributed by atoms with van der Waals surface area (Å²) in [4.78, 5) is 14.3. The second-order valence-corrected chi connectivity index (χ2v) is 8.69. The van der Waals surface area contributed by atoms with E-state index < -0.39 is 10.0 Å². The number of sulfonamides is 1. The molecule has 2 heterocycles. The fourth-order valence-electron chi connectivity index (χ4n) is 2.97. The fraction of sp³-hybridized carbons (Fsp3) is 0.368. The zero-order valence-electron chi connectivity index (χ0n) is 15.8. The number of amides is 1. The maximum atomic E-state index is 12.8. The van der Waals surface area contributed by atoms with Crippen LogP contribution in [-0.4, -0.2) is 59.5 Å². The second kappa shape index (κ2) is 7.66. The van der Waals surface area contributed by atoms with Gasteiger partial charge in [0.2, 0.25) is 15.9 Å². The average Bonchev–Trinajstić information content (AvgIpc) is 3.07. The van der Waals surface area contributed by atoms with E-state index in [0.29, 0.717) is 31.1 Å². The van der Waals surface area contributed by atoms with Gasteiger partial charge in [0, 0.05) is 51.1 Å². The molecular formula is C19H24N4O3S. The van der Waals surface area contributed by atoms with Gasteiger partial charge in [-0.05, 0) is 43.2 Å². The lowest BCUT2D eigenvalue weighted by Crippen LogP contribution is -2.50. The van der Waals surface area contributed by atoms with Gasteiger partial charge >= 0.3 is 0 Å². The first-order chi connectivity index (χ1) is 12.8. The van der Waals surface area contributed by atoms with E-state index in [4.69, 9.17) is 0 Å². The molecule has 1 aliphatic rings. The molecule has 1 aromatic carbocycles. The highest BCUT2D eigenvalue weighted by molar-refractivity contribution is 7.89. The third-order valence-electron chi connectivity index (χ3n) is 4.81. The van der Waals surface area contributed by atoms with E-state index in [0.717, 1.165) is 16.7 Å². The Morgan fingerprint density at radius 3 is 2.41 bits per heavy atom. The molecule has 2 aromatic rings. The standard InChI is InChI=1S/C19H24N4O3S/c1-15-4-6-18(12-16(15)2)27(25,26)23-10-8-22(9-11-23)19(24)7-5-17-13-20-21(3)14-17/h4-7,12-14H,8-11H2,1-3H3/b7-5+. The molecule has 1 saturated heterocycles. The first kappa shape index (κ1) is 19.3. The first-order valence-corrected chi connectivity index (χ1v) is 10.2. The number of aromatic nitrogens is 2. The van der Waals surface area contributed by atoms with Crippen LogP contribution >= 0.6 is 0 Å². The van der Waals surface area contributed by atoms with Crippen molar-refractivity contribution in [3.63, 3.8) is 0 Å². The van der Waals surface area contributed by atoms with Crippen molar-refractivity contribution < 1.29 is 13.2 Å². The van der Waals surface area contributed by atoms with Crippen LogP contribution in [0.4, 0.5) is 0 Å². The Bertz CT molecular complexity index is 971. The number of piperazine rings is 1. The first-order valence-electron chi connectivity index (χ1n) is 8.80. The van der Waals surface area contributed by atoms with Crippen LogP contribution in [0.1, 0.15) is 16.7 Å². The van der Waals surface area contributed by atoms with Crippen molar-refractivity contribution in [3.8, 4) is 0 Å². The average molecular weight is 388 g/mol. The van der Waals surface area contributed by atoms with Gasteiger partial charge in [0.05, 0.1) is 11.1 Å². The van der Waals surface area contributed by atoms with Crippen LogP contribution in [0.2, 0.25) is 0 Å². The Labute approximate surface area is 159 Å². The summed E-state index contributed by atoms with van der Waals surface area (Å²) < 4.78 is 28.8. The molecule has 0 unspecified atom stereocenters. The molecule has 0 bridgehead atoms. The number of aryl methyl sites for hydroxylation is 3. The third kappa shape index (κ3) is 4.28. The lowest BCUT2D eigenvalue weighted by molar-refractivity contribution is -0.127. The summed E-state index contributed by atoms with van der Waals surface area (Å²) >= 11 is 0. The molecule has 0 N–H and O–H groups in total. The molecule has 1 aliphatic heterocycles. The lowest BCUT2D eigenvalue weighted by atomic mass is 10.1. The summed E-state index contributed by atoms with van der Waals surface area (Å²) in [5.74, 6) is -0.123. The third-order valence-corrected chi connectivity index (χ3v) is 6.70. The molecule has 144 valence electrons. The molecule has 0 spiro atoms. The molecular weight excluding hydrogens is 364 g/mol. The van der Waals surface area contributed by atoms with Crippen LogP contribution in [0.5, 0.6) is 0 Å². The zero-order valence-corrected chi connectivity index (χ0v) is 16.6. The predicted molar refractivity (Wildman–Crippen MR) is 103 cm³/mol. The van der Waals surface area contributed by atoms with Gasteiger partial charge in [0.25, 0.3) is 0 Å². The lowest BCUT2D eigenvalue weighted by Gasteiger charge is -2.33. The van der Waals surface area contributed by atoms with Gasteiger partial charge in [-0.25, -0.2) is 8.42 Å². The van der Waals surface area contributed by atoms with Gasteiger partial charge in [0.15, 0.2) is 0 Å². The van der Waals surface area contributed by atoms with Gasteiger partial charge in [-0.1, -0.05) is 6.07 Å². The van der Waals surface area contributed by atoms with Crippen LogP contribution in [0.3, 0.4) is 0 Å². The number of benzene rings is 1. The minimum absolute atomic E-state index is 0.123. The van der Waals surface area contributed by atoms with Crippen molar-refractivity contribution >= 4 is 22.0 Å². The smallest absolute Gasteiger partial charge is 0.246 e. The van der Waals surface area contributed by atoms with Gasteiger partial charge < -0.3 is 4.90 Å². The van der Waals surface area contributed by atoms with E-state index in [2.05, 4.69) is 5.10 Å². The fourth-order valence-corrected chi connectivity index (χ4v) is 4.48. The number of nitrogens with zero attached hydrogens (tertiary/aromatic N) is 4. The monoisotopic (exact) mass is 388 g/mol. The highest BCUT2D eigenvalue weighted by atomic mass is 32.2. The van der Waals surface area contributed by atoms with Crippen molar-refractivity contribution in [2.75, 3.05) is 26.2 Å². The Kier molecular flexibility index (Phi) is 5.48. The summed E-state index contributed by atoms with van der Waals surface area (Å²) in [7, 11) is -1.72. The quantitative estimate of drug-likeness (QED) is 0.746. The van der Waals surface area contributed by atoms with Crippen molar-refractivity contribution in [2.45, 2.75) is 18.7 Å². The molecule has 0 saturated carbocycles. The number of hydrogen-bond acceptors (Lipinski definition) is 4. The van der Waals surface area contributed by atoms with Gasteiger partial charge in [-0.3, -0.25) is 9.48 Å². The summed E-state index contributed by atoms with van der Waals surface area (Å²) in [5.41, 5.74) is 2.86. The maximum Gasteiger partial charge on any atom is 0.246 e. The summed E-state index contributed by atoms with van der Waals surface area (Å²) in [5, 5.41) is 4.05. The zero-order chi connectivity index (χ0) is 19.6. The molecule has 0 radical (unpaired) electrons. The summed E-state index contributed by atoms with van der Waals surface area (Å²) in [6.07, 6.45) is 6.72. The van der Waals surface area contributed by atoms with E-state index in [-0.39, 0.29) is 5.91 Å². The van der Waals surface area contributed by atoms with E-state index in [1.165, 1.54) is 10.4 Å². The minimum atomic E-state index is -3.54. The Morgan fingerprint density at radius 1 is 1.11 bits per heavy atom. The second-order valence-electron chi connectivity index (χ2n) is 6.76. The molecule has 7 nitrogen and oxygen atoms in total. The topological polar surface area (TPSA) is 75.5 Å². The molecule has 8 heteroatoms. The van der Waals surface area contributed by atoms with Crippen molar-refractivity contribution in [2.24, 2.45) is 7.05 Å². The van der Waals surface area contributed by atoms with Crippen molar-refractivity contribution in [3.05, 3.63) is 53.4 Å².